The van der Waals surface area contributed by atoms with Crippen LogP contribution in [0, 0.1) is 6.92 Å². The highest BCUT2D eigenvalue weighted by atomic mass is 16.2. The van der Waals surface area contributed by atoms with E-state index in [0.29, 0.717) is 17.8 Å². The second kappa shape index (κ2) is 5.32. The first kappa shape index (κ1) is 13.2. The lowest BCUT2D eigenvalue weighted by atomic mass is 10.1. The molecule has 6 nitrogen and oxygen atoms in total. The average molecular weight is 282 g/mol. The number of nitrogens with zero attached hydrogens (tertiary/aromatic N) is 2. The monoisotopic (exact) mass is 282 g/mol. The summed E-state index contributed by atoms with van der Waals surface area (Å²) in [6, 6.07) is 9.49. The van der Waals surface area contributed by atoms with Crippen LogP contribution >= 0.6 is 0 Å². The van der Waals surface area contributed by atoms with E-state index in [0.717, 1.165) is 16.6 Å². The summed E-state index contributed by atoms with van der Waals surface area (Å²) in [5.74, 6) is -0.486. The van der Waals surface area contributed by atoms with E-state index in [2.05, 4.69) is 20.8 Å². The molecule has 1 aromatic heterocycles. The Morgan fingerprint density at radius 1 is 1.24 bits per heavy atom. The molecule has 2 heterocycles. The summed E-state index contributed by atoms with van der Waals surface area (Å²) in [4.78, 5) is 27.7. The minimum absolute atomic E-state index is 0.172. The van der Waals surface area contributed by atoms with Crippen LogP contribution in [0.5, 0.6) is 0 Å². The van der Waals surface area contributed by atoms with Gasteiger partial charge in [0.25, 0.3) is 5.91 Å². The van der Waals surface area contributed by atoms with Gasteiger partial charge in [0.1, 0.15) is 5.71 Å². The SMILES string of the molecule is Cc1ccc2cccc(NC(=O)C3=NNC(=O)CC3)c2n1. The molecule has 2 amide bonds. The fraction of sp³-hybridized carbons (Fsp3) is 0.200. The van der Waals surface area contributed by atoms with Crippen LogP contribution < -0.4 is 10.7 Å². The number of hydrazone groups is 1. The van der Waals surface area contributed by atoms with Gasteiger partial charge in [-0.15, -0.1) is 0 Å². The molecular weight excluding hydrogens is 268 g/mol. The average Bonchev–Trinajstić information content (AvgIpc) is 2.48. The van der Waals surface area contributed by atoms with Gasteiger partial charge in [-0.1, -0.05) is 18.2 Å². The maximum absolute atomic E-state index is 12.2. The van der Waals surface area contributed by atoms with Crippen molar-refractivity contribution in [1.29, 1.82) is 0 Å². The number of anilines is 1. The Hall–Kier alpha value is -2.76. The van der Waals surface area contributed by atoms with Crippen molar-refractivity contribution in [2.45, 2.75) is 19.8 Å². The fourth-order valence-corrected chi connectivity index (χ4v) is 2.18. The summed E-state index contributed by atoms with van der Waals surface area (Å²) >= 11 is 0. The van der Waals surface area contributed by atoms with Crippen LogP contribution in [0.2, 0.25) is 0 Å². The van der Waals surface area contributed by atoms with Crippen LogP contribution in [0.3, 0.4) is 0 Å². The number of pyridine rings is 1. The molecule has 3 rings (SSSR count). The number of carbonyl (C=O) groups excluding carboxylic acids is 2. The molecule has 0 saturated carbocycles. The molecule has 1 aliphatic heterocycles. The van der Waals surface area contributed by atoms with E-state index < -0.39 is 0 Å². The molecule has 0 saturated heterocycles. The first-order valence-electron chi connectivity index (χ1n) is 6.66. The number of nitrogens with one attached hydrogen (secondary N) is 2. The first-order valence-corrected chi connectivity index (χ1v) is 6.66. The van der Waals surface area contributed by atoms with Gasteiger partial charge in [-0.05, 0) is 19.1 Å². The molecule has 0 unspecified atom stereocenters. The second-order valence-electron chi connectivity index (χ2n) is 4.88. The summed E-state index contributed by atoms with van der Waals surface area (Å²) < 4.78 is 0. The number of benzene rings is 1. The minimum Gasteiger partial charge on any atom is -0.319 e. The topological polar surface area (TPSA) is 83.5 Å². The second-order valence-corrected chi connectivity index (χ2v) is 4.88. The van der Waals surface area contributed by atoms with E-state index in [-0.39, 0.29) is 18.2 Å². The number of hydrogen-bond acceptors (Lipinski definition) is 4. The minimum atomic E-state index is -0.314. The van der Waals surface area contributed by atoms with Crippen molar-refractivity contribution in [3.8, 4) is 0 Å². The molecule has 0 bridgehead atoms. The van der Waals surface area contributed by atoms with Crippen LogP contribution in [-0.2, 0) is 9.59 Å². The van der Waals surface area contributed by atoms with Crippen molar-refractivity contribution < 1.29 is 9.59 Å². The Morgan fingerprint density at radius 3 is 2.86 bits per heavy atom. The van der Waals surface area contributed by atoms with E-state index in [1.54, 1.807) is 6.07 Å². The molecule has 0 spiro atoms. The molecule has 106 valence electrons. The van der Waals surface area contributed by atoms with Gasteiger partial charge in [0.05, 0.1) is 11.2 Å². The molecule has 1 aliphatic rings. The van der Waals surface area contributed by atoms with Crippen LogP contribution in [0.25, 0.3) is 10.9 Å². The largest absolute Gasteiger partial charge is 0.319 e. The fourth-order valence-electron chi connectivity index (χ4n) is 2.18. The molecule has 0 fully saturated rings. The lowest BCUT2D eigenvalue weighted by Gasteiger charge is -2.13. The summed E-state index contributed by atoms with van der Waals surface area (Å²) in [6.45, 7) is 1.90. The van der Waals surface area contributed by atoms with Crippen molar-refractivity contribution in [2.24, 2.45) is 5.10 Å². The highest BCUT2D eigenvalue weighted by molar-refractivity contribution is 6.44. The van der Waals surface area contributed by atoms with E-state index in [1.165, 1.54) is 0 Å². The van der Waals surface area contributed by atoms with Crippen LogP contribution in [0.4, 0.5) is 5.69 Å². The number of carbonyl (C=O) groups is 2. The quantitative estimate of drug-likeness (QED) is 0.880. The van der Waals surface area contributed by atoms with Crippen molar-refractivity contribution in [1.82, 2.24) is 10.4 Å². The molecule has 0 radical (unpaired) electrons. The Labute approximate surface area is 121 Å². The van der Waals surface area contributed by atoms with Crippen molar-refractivity contribution in [3.63, 3.8) is 0 Å². The molecule has 0 atom stereocenters. The molecular formula is C15H14N4O2. The summed E-state index contributed by atoms with van der Waals surface area (Å²) in [7, 11) is 0. The molecule has 2 aromatic rings. The highest BCUT2D eigenvalue weighted by Gasteiger charge is 2.19. The summed E-state index contributed by atoms with van der Waals surface area (Å²) in [5, 5.41) is 7.56. The van der Waals surface area contributed by atoms with Gasteiger partial charge in [0.2, 0.25) is 5.91 Å². The summed E-state index contributed by atoms with van der Waals surface area (Å²) in [5.41, 5.74) is 4.90. The zero-order chi connectivity index (χ0) is 14.8. The number of para-hydroxylation sites is 1. The maximum atomic E-state index is 12.2. The van der Waals surface area contributed by atoms with Crippen LogP contribution in [-0.4, -0.2) is 22.5 Å². The third kappa shape index (κ3) is 2.74. The highest BCUT2D eigenvalue weighted by Crippen LogP contribution is 2.22. The van der Waals surface area contributed by atoms with Gasteiger partial charge in [-0.2, -0.15) is 5.10 Å². The van der Waals surface area contributed by atoms with Gasteiger partial charge in [0, 0.05) is 23.9 Å². The molecule has 0 aliphatic carbocycles. The Morgan fingerprint density at radius 2 is 2.10 bits per heavy atom. The van der Waals surface area contributed by atoms with Gasteiger partial charge in [-0.3, -0.25) is 14.6 Å². The lowest BCUT2D eigenvalue weighted by molar-refractivity contribution is -0.121. The van der Waals surface area contributed by atoms with E-state index in [4.69, 9.17) is 0 Å². The van der Waals surface area contributed by atoms with E-state index in [1.807, 2.05) is 31.2 Å². The first-order chi connectivity index (χ1) is 10.1. The van der Waals surface area contributed by atoms with Gasteiger partial charge in [-0.25, -0.2) is 5.43 Å². The van der Waals surface area contributed by atoms with Crippen molar-refractivity contribution >= 4 is 34.1 Å². The maximum Gasteiger partial charge on any atom is 0.271 e. The van der Waals surface area contributed by atoms with Crippen LogP contribution in [0.1, 0.15) is 18.5 Å². The number of fused-ring (bicyclic) bond motifs is 1. The number of aromatic nitrogens is 1. The lowest BCUT2D eigenvalue weighted by Crippen LogP contribution is -2.32. The third-order valence-electron chi connectivity index (χ3n) is 3.27. The smallest absolute Gasteiger partial charge is 0.271 e. The number of amides is 2. The molecule has 2 N–H and O–H groups in total. The molecule has 21 heavy (non-hydrogen) atoms. The Kier molecular flexibility index (Phi) is 3.35. The van der Waals surface area contributed by atoms with Gasteiger partial charge >= 0.3 is 0 Å². The number of rotatable bonds is 2. The standard InChI is InChI=1S/C15H14N4O2/c1-9-5-6-10-3-2-4-11(14(10)16-9)17-15(21)12-7-8-13(20)19-18-12/h2-6H,7-8H2,1H3,(H,17,21)(H,19,20). The molecule has 6 heteroatoms. The zero-order valence-electron chi connectivity index (χ0n) is 11.5. The zero-order valence-corrected chi connectivity index (χ0v) is 11.5. The van der Waals surface area contributed by atoms with Gasteiger partial charge in [0.15, 0.2) is 0 Å². The van der Waals surface area contributed by atoms with Crippen LogP contribution in [0.15, 0.2) is 35.4 Å². The number of aryl methyl sites for hydroxylation is 1. The Balaban J connectivity index is 1.89. The van der Waals surface area contributed by atoms with E-state index in [9.17, 15) is 9.59 Å². The number of hydrogen-bond donors (Lipinski definition) is 2. The third-order valence-corrected chi connectivity index (χ3v) is 3.27. The summed E-state index contributed by atoms with van der Waals surface area (Å²) in [6.07, 6.45) is 0.619. The van der Waals surface area contributed by atoms with Crippen molar-refractivity contribution in [3.05, 3.63) is 36.0 Å². The van der Waals surface area contributed by atoms with Gasteiger partial charge < -0.3 is 5.32 Å². The van der Waals surface area contributed by atoms with E-state index >= 15 is 0 Å². The van der Waals surface area contributed by atoms with Crippen molar-refractivity contribution in [2.75, 3.05) is 5.32 Å². The Bertz CT molecular complexity index is 767. The predicted molar refractivity (Wildman–Crippen MR) is 79.9 cm³/mol. The normalized spacial score (nSPS) is 14.5. The molecule has 1 aromatic carbocycles. The predicted octanol–water partition coefficient (Wildman–Crippen LogP) is 1.75.